The first-order valence-corrected chi connectivity index (χ1v) is 16.0. The third-order valence-electron chi connectivity index (χ3n) is 7.39. The lowest BCUT2D eigenvalue weighted by atomic mass is 10.0. The second-order valence-corrected chi connectivity index (χ2v) is 11.4. The highest BCUT2D eigenvalue weighted by Gasteiger charge is 2.11. The van der Waals surface area contributed by atoms with E-state index >= 15 is 0 Å². The molecule has 7 heteroatoms. The first-order chi connectivity index (χ1) is 24.4. The van der Waals surface area contributed by atoms with E-state index in [4.69, 9.17) is 36.1 Å². The third kappa shape index (κ3) is 9.36. The number of hydrogen-bond acceptors (Lipinski definition) is 7. The van der Waals surface area contributed by atoms with Crippen molar-refractivity contribution in [2.45, 2.75) is 6.92 Å². The number of rotatable bonds is 9. The molecule has 0 spiro atoms. The third-order valence-corrected chi connectivity index (χ3v) is 7.39. The smallest absolute Gasteiger partial charge is 0.135 e. The highest BCUT2D eigenvalue weighted by molar-refractivity contribution is 5.72. The van der Waals surface area contributed by atoms with Gasteiger partial charge in [0.2, 0.25) is 0 Å². The van der Waals surface area contributed by atoms with E-state index in [9.17, 15) is 0 Å². The van der Waals surface area contributed by atoms with Crippen LogP contribution in [-0.2, 0) is 0 Å². The first kappa shape index (κ1) is 33.1. The monoisotopic (exact) mass is 659 g/mol. The average Bonchev–Trinajstić information content (AvgIpc) is 3.12. The molecule has 0 unspecified atom stereocenters. The number of ether oxygens (including phenoxy) is 4. The predicted octanol–water partition coefficient (Wildman–Crippen LogP) is 11.3. The van der Waals surface area contributed by atoms with Crippen LogP contribution in [-0.4, -0.2) is 0 Å². The van der Waals surface area contributed by atoms with Crippen molar-refractivity contribution >= 4 is 17.1 Å². The molecule has 7 nitrogen and oxygen atoms in total. The van der Waals surface area contributed by atoms with Crippen molar-refractivity contribution in [1.82, 2.24) is 0 Å². The van der Waals surface area contributed by atoms with Crippen molar-refractivity contribution in [2.24, 2.45) is 0 Å². The minimum absolute atomic E-state index is 0.657. The Bertz CT molecular complexity index is 2090. The van der Waals surface area contributed by atoms with Gasteiger partial charge in [0, 0.05) is 40.8 Å². The van der Waals surface area contributed by atoms with Gasteiger partial charge in [-0.05, 0) is 103 Å². The maximum atomic E-state index is 6.13. The second kappa shape index (κ2) is 15.8. The van der Waals surface area contributed by atoms with Gasteiger partial charge in [0.25, 0.3) is 0 Å². The maximum Gasteiger partial charge on any atom is 0.135 e. The molecule has 0 aliphatic carbocycles. The van der Waals surface area contributed by atoms with E-state index in [2.05, 4.69) is 19.1 Å². The Balaban J connectivity index is 0.000000178. The molecule has 0 radical (unpaired) electrons. The number of anilines is 3. The lowest BCUT2D eigenvalue weighted by Crippen LogP contribution is -1.91. The van der Waals surface area contributed by atoms with Gasteiger partial charge in [-0.1, -0.05) is 66.2 Å². The molecular formula is C43H37N3O4. The molecule has 0 bridgehead atoms. The maximum absolute atomic E-state index is 6.13. The minimum Gasteiger partial charge on any atom is -0.457 e. The molecule has 0 saturated carbocycles. The van der Waals surface area contributed by atoms with Crippen molar-refractivity contribution in [2.75, 3.05) is 17.2 Å². The Morgan fingerprint density at radius 2 is 0.800 bits per heavy atom. The molecule has 248 valence electrons. The van der Waals surface area contributed by atoms with Crippen molar-refractivity contribution < 1.29 is 18.9 Å². The van der Waals surface area contributed by atoms with Crippen LogP contribution >= 0.6 is 0 Å². The summed E-state index contributed by atoms with van der Waals surface area (Å²) in [6.07, 6.45) is 0. The van der Waals surface area contributed by atoms with E-state index in [-0.39, 0.29) is 0 Å². The second-order valence-electron chi connectivity index (χ2n) is 11.4. The van der Waals surface area contributed by atoms with Crippen molar-refractivity contribution in [3.05, 3.63) is 175 Å². The lowest BCUT2D eigenvalue weighted by Gasteiger charge is -2.14. The van der Waals surface area contributed by atoms with E-state index in [0.717, 1.165) is 34.1 Å². The summed E-state index contributed by atoms with van der Waals surface area (Å²) in [7, 11) is 0. The fraction of sp³-hybridized carbons (Fsp3) is 0.0233. The Kier molecular flexibility index (Phi) is 10.5. The zero-order valence-electron chi connectivity index (χ0n) is 27.5. The molecule has 0 heterocycles. The topological polar surface area (TPSA) is 115 Å². The van der Waals surface area contributed by atoms with Crippen LogP contribution in [0.3, 0.4) is 0 Å². The Morgan fingerprint density at radius 3 is 1.38 bits per heavy atom. The highest BCUT2D eigenvalue weighted by atomic mass is 16.5. The summed E-state index contributed by atoms with van der Waals surface area (Å²) in [6, 6.07) is 53.3. The molecule has 6 N–H and O–H groups in total. The minimum atomic E-state index is 0.657. The average molecular weight is 660 g/mol. The zero-order valence-corrected chi connectivity index (χ0v) is 27.5. The largest absolute Gasteiger partial charge is 0.457 e. The van der Waals surface area contributed by atoms with Crippen LogP contribution in [0.2, 0.25) is 0 Å². The van der Waals surface area contributed by atoms with Gasteiger partial charge in [-0.15, -0.1) is 0 Å². The Hall–Kier alpha value is -6.86. The molecule has 0 saturated heterocycles. The van der Waals surface area contributed by atoms with Crippen molar-refractivity contribution in [3.8, 4) is 57.1 Å². The Morgan fingerprint density at radius 1 is 0.340 bits per heavy atom. The van der Waals surface area contributed by atoms with Gasteiger partial charge < -0.3 is 36.1 Å². The molecule has 7 rings (SSSR count). The summed E-state index contributed by atoms with van der Waals surface area (Å²) >= 11 is 0. The summed E-state index contributed by atoms with van der Waals surface area (Å²) in [5, 5.41) is 0. The summed E-state index contributed by atoms with van der Waals surface area (Å²) in [6.45, 7) is 2.06. The summed E-state index contributed by atoms with van der Waals surface area (Å²) in [5.74, 6) is 5.76. The van der Waals surface area contributed by atoms with E-state index in [1.165, 1.54) is 5.56 Å². The van der Waals surface area contributed by atoms with Gasteiger partial charge in [0.15, 0.2) is 0 Å². The molecule has 7 aromatic carbocycles. The molecule has 0 amide bonds. The number of hydrogen-bond donors (Lipinski definition) is 3. The van der Waals surface area contributed by atoms with Gasteiger partial charge in [-0.2, -0.15) is 0 Å². The first-order valence-electron chi connectivity index (χ1n) is 16.0. The number of aryl methyl sites for hydroxylation is 1. The molecule has 0 aliphatic heterocycles. The number of nitrogens with two attached hydrogens (primary N) is 3. The van der Waals surface area contributed by atoms with Crippen LogP contribution < -0.4 is 36.1 Å². The standard InChI is InChI=1S/C25H21NO2.C18H16N2O2/c1-18-7-11-21(12-8-18)27-23-15-16-25(28-22-13-9-20(26)10-14-22)24(17-23)19-5-3-2-4-6-19;19-13-4-1-6-15(10-13)21-17-8-3-9-18(12-17)22-16-7-2-5-14(20)11-16/h2-17H,26H2,1H3;1-12H,19-20H2. The normalized spacial score (nSPS) is 10.3. The summed E-state index contributed by atoms with van der Waals surface area (Å²) in [5.41, 5.74) is 22.5. The molecule has 0 atom stereocenters. The fourth-order valence-electron chi connectivity index (χ4n) is 4.94. The van der Waals surface area contributed by atoms with Crippen LogP contribution in [0, 0.1) is 6.92 Å². The SMILES string of the molecule is Cc1ccc(Oc2ccc(Oc3ccc(N)cc3)c(-c3ccccc3)c2)cc1.Nc1cccc(Oc2cccc(Oc3cccc(N)c3)c2)c1. The fourth-order valence-corrected chi connectivity index (χ4v) is 4.94. The van der Waals surface area contributed by atoms with Crippen molar-refractivity contribution in [1.29, 1.82) is 0 Å². The van der Waals surface area contributed by atoms with Crippen LogP contribution in [0.25, 0.3) is 11.1 Å². The zero-order chi connectivity index (χ0) is 34.7. The van der Waals surface area contributed by atoms with Crippen LogP contribution in [0.1, 0.15) is 5.56 Å². The van der Waals surface area contributed by atoms with Crippen LogP contribution in [0.5, 0.6) is 46.0 Å². The molecular weight excluding hydrogens is 622 g/mol. The Labute approximate surface area is 292 Å². The predicted molar refractivity (Wildman–Crippen MR) is 202 cm³/mol. The van der Waals surface area contributed by atoms with E-state index in [1.807, 2.05) is 146 Å². The molecule has 7 aromatic rings. The van der Waals surface area contributed by atoms with Crippen LogP contribution in [0.15, 0.2) is 170 Å². The quantitative estimate of drug-likeness (QED) is 0.132. The van der Waals surface area contributed by atoms with E-state index in [1.54, 1.807) is 12.1 Å². The molecule has 50 heavy (non-hydrogen) atoms. The van der Waals surface area contributed by atoms with Gasteiger partial charge in [0.05, 0.1) is 0 Å². The molecule has 0 aromatic heterocycles. The highest BCUT2D eigenvalue weighted by Crippen LogP contribution is 2.38. The van der Waals surface area contributed by atoms with Gasteiger partial charge in [0.1, 0.15) is 46.0 Å². The summed E-state index contributed by atoms with van der Waals surface area (Å²) < 4.78 is 23.7. The number of nitrogen functional groups attached to an aromatic ring is 3. The molecule has 0 fully saturated rings. The lowest BCUT2D eigenvalue weighted by molar-refractivity contribution is 0.460. The van der Waals surface area contributed by atoms with Gasteiger partial charge >= 0.3 is 0 Å². The van der Waals surface area contributed by atoms with E-state index < -0.39 is 0 Å². The van der Waals surface area contributed by atoms with Crippen LogP contribution in [0.4, 0.5) is 17.1 Å². The van der Waals surface area contributed by atoms with Gasteiger partial charge in [-0.25, -0.2) is 0 Å². The molecule has 0 aliphatic rings. The summed E-state index contributed by atoms with van der Waals surface area (Å²) in [4.78, 5) is 0. The van der Waals surface area contributed by atoms with Crippen molar-refractivity contribution in [3.63, 3.8) is 0 Å². The number of benzene rings is 7. The van der Waals surface area contributed by atoms with Gasteiger partial charge in [-0.3, -0.25) is 0 Å². The van der Waals surface area contributed by atoms with E-state index in [0.29, 0.717) is 40.1 Å².